The van der Waals surface area contributed by atoms with Gasteiger partial charge in [0, 0.05) is 12.2 Å². The van der Waals surface area contributed by atoms with Crippen molar-refractivity contribution >= 4 is 16.5 Å². The molecule has 0 saturated heterocycles. The third-order valence-electron chi connectivity index (χ3n) is 1.87. The molecule has 3 nitrogen and oxygen atoms in total. The third kappa shape index (κ3) is 6.86. The second-order valence-electron chi connectivity index (χ2n) is 3.62. The lowest BCUT2D eigenvalue weighted by atomic mass is 10.1. The molecular weight excluding hydrogens is 196 g/mol. The Hall–Kier alpha value is -0.613. The van der Waals surface area contributed by atoms with Gasteiger partial charge in [-0.2, -0.15) is 0 Å². The molecule has 1 atom stereocenters. The lowest BCUT2D eigenvalue weighted by Crippen LogP contribution is -2.09. The van der Waals surface area contributed by atoms with Crippen LogP contribution >= 0.6 is 0 Å². The first-order chi connectivity index (χ1) is 6.57. The Balaban J connectivity index is 3.37. The molecule has 0 N–H and O–H groups in total. The highest BCUT2D eigenvalue weighted by atomic mass is 28.2. The summed E-state index contributed by atoms with van der Waals surface area (Å²) in [6.45, 7) is 8.60. The summed E-state index contributed by atoms with van der Waals surface area (Å²) in [4.78, 5) is 11.0. The first kappa shape index (κ1) is 13.4. The van der Waals surface area contributed by atoms with E-state index in [0.29, 0.717) is 18.1 Å². The summed E-state index contributed by atoms with van der Waals surface area (Å²) >= 11 is 0. The van der Waals surface area contributed by atoms with Crippen LogP contribution in [-0.2, 0) is 14.0 Å². The molecule has 0 aliphatic heterocycles. The van der Waals surface area contributed by atoms with Gasteiger partial charge in [-0.3, -0.25) is 0 Å². The summed E-state index contributed by atoms with van der Waals surface area (Å²) in [5.41, 5.74) is 0.459. The molecule has 0 heterocycles. The third-order valence-corrected chi connectivity index (χ3v) is 2.21. The summed E-state index contributed by atoms with van der Waals surface area (Å²) in [6, 6.07) is 0. The standard InChI is InChI=1S/C10H20O3Si/c1-8(2)10(11)12-6-4-5-9(3)7-13-14/h9H,1,4-7H2,2-3,14H3. The van der Waals surface area contributed by atoms with Crippen LogP contribution < -0.4 is 0 Å². The van der Waals surface area contributed by atoms with Gasteiger partial charge in [-0.05, 0) is 25.7 Å². The van der Waals surface area contributed by atoms with Crippen molar-refractivity contribution in [1.29, 1.82) is 0 Å². The monoisotopic (exact) mass is 216 g/mol. The lowest BCUT2D eigenvalue weighted by Gasteiger charge is -2.10. The van der Waals surface area contributed by atoms with Crippen LogP contribution in [-0.4, -0.2) is 29.7 Å². The van der Waals surface area contributed by atoms with Gasteiger partial charge < -0.3 is 9.16 Å². The van der Waals surface area contributed by atoms with Gasteiger partial charge in [0.1, 0.15) is 10.5 Å². The van der Waals surface area contributed by atoms with Crippen LogP contribution in [0.25, 0.3) is 0 Å². The van der Waals surface area contributed by atoms with Crippen LogP contribution in [0.2, 0.25) is 0 Å². The van der Waals surface area contributed by atoms with Crippen LogP contribution in [0.5, 0.6) is 0 Å². The fourth-order valence-corrected chi connectivity index (χ4v) is 1.66. The van der Waals surface area contributed by atoms with Crippen molar-refractivity contribution in [2.45, 2.75) is 26.7 Å². The molecule has 0 aromatic rings. The van der Waals surface area contributed by atoms with Crippen LogP contribution in [0.15, 0.2) is 12.2 Å². The smallest absolute Gasteiger partial charge is 0.333 e. The van der Waals surface area contributed by atoms with Crippen molar-refractivity contribution < 1.29 is 14.0 Å². The van der Waals surface area contributed by atoms with Gasteiger partial charge in [-0.1, -0.05) is 13.5 Å². The van der Waals surface area contributed by atoms with Crippen LogP contribution in [0.3, 0.4) is 0 Å². The highest BCUT2D eigenvalue weighted by molar-refractivity contribution is 5.97. The van der Waals surface area contributed by atoms with Gasteiger partial charge in [0.05, 0.1) is 6.61 Å². The molecule has 14 heavy (non-hydrogen) atoms. The number of ether oxygens (including phenoxy) is 1. The van der Waals surface area contributed by atoms with Crippen molar-refractivity contribution in [3.63, 3.8) is 0 Å². The van der Waals surface area contributed by atoms with E-state index < -0.39 is 0 Å². The number of rotatable bonds is 7. The van der Waals surface area contributed by atoms with Gasteiger partial charge >= 0.3 is 5.97 Å². The molecule has 0 fully saturated rings. The second-order valence-corrected chi connectivity index (χ2v) is 4.20. The van der Waals surface area contributed by atoms with Crippen LogP contribution in [0.4, 0.5) is 0 Å². The number of carbonyl (C=O) groups excluding carboxylic acids is 1. The van der Waals surface area contributed by atoms with Gasteiger partial charge in [-0.25, -0.2) is 4.79 Å². The van der Waals surface area contributed by atoms with Gasteiger partial charge in [0.15, 0.2) is 0 Å². The van der Waals surface area contributed by atoms with Crippen molar-refractivity contribution in [3.8, 4) is 0 Å². The van der Waals surface area contributed by atoms with Crippen molar-refractivity contribution in [2.24, 2.45) is 5.92 Å². The predicted octanol–water partition coefficient (Wildman–Crippen LogP) is 0.819. The molecule has 82 valence electrons. The molecule has 0 rings (SSSR count). The Labute approximate surface area is 89.0 Å². The van der Waals surface area contributed by atoms with Crippen molar-refractivity contribution in [2.75, 3.05) is 13.2 Å². The Morgan fingerprint density at radius 3 is 2.71 bits per heavy atom. The van der Waals surface area contributed by atoms with E-state index in [1.807, 2.05) is 0 Å². The van der Waals surface area contributed by atoms with E-state index >= 15 is 0 Å². The van der Waals surface area contributed by atoms with Gasteiger partial charge in [0.2, 0.25) is 0 Å². The molecular formula is C10H20O3Si. The number of carbonyl (C=O) groups is 1. The van der Waals surface area contributed by atoms with E-state index in [0.717, 1.165) is 29.9 Å². The summed E-state index contributed by atoms with van der Waals surface area (Å²) < 4.78 is 10.1. The molecule has 0 saturated carbocycles. The molecule has 0 radical (unpaired) electrons. The Bertz CT molecular complexity index is 192. The van der Waals surface area contributed by atoms with Gasteiger partial charge in [-0.15, -0.1) is 0 Å². The van der Waals surface area contributed by atoms with Crippen molar-refractivity contribution in [3.05, 3.63) is 12.2 Å². The molecule has 0 aromatic carbocycles. The molecule has 0 aliphatic carbocycles. The first-order valence-corrected chi connectivity index (χ1v) is 5.71. The average Bonchev–Trinajstić information content (AvgIpc) is 2.12. The molecule has 1 unspecified atom stereocenters. The normalized spacial score (nSPS) is 12.4. The Morgan fingerprint density at radius 2 is 2.21 bits per heavy atom. The van der Waals surface area contributed by atoms with Crippen LogP contribution in [0.1, 0.15) is 26.7 Å². The summed E-state index contributed by atoms with van der Waals surface area (Å²) in [7, 11) is 0.794. The summed E-state index contributed by atoms with van der Waals surface area (Å²) in [5, 5.41) is 0. The maximum absolute atomic E-state index is 11.0. The molecule has 0 bridgehead atoms. The minimum Gasteiger partial charge on any atom is -0.462 e. The zero-order valence-electron chi connectivity index (χ0n) is 9.34. The van der Waals surface area contributed by atoms with E-state index in [2.05, 4.69) is 13.5 Å². The lowest BCUT2D eigenvalue weighted by molar-refractivity contribution is -0.139. The van der Waals surface area contributed by atoms with Gasteiger partial charge in [0.25, 0.3) is 0 Å². The highest BCUT2D eigenvalue weighted by Crippen LogP contribution is 2.05. The first-order valence-electron chi connectivity index (χ1n) is 4.89. The maximum Gasteiger partial charge on any atom is 0.333 e. The molecule has 0 aliphatic rings. The van der Waals surface area contributed by atoms with E-state index in [4.69, 9.17) is 9.16 Å². The average molecular weight is 216 g/mol. The number of esters is 1. The van der Waals surface area contributed by atoms with E-state index in [-0.39, 0.29) is 5.97 Å². The van der Waals surface area contributed by atoms with E-state index in [1.165, 1.54) is 0 Å². The Morgan fingerprint density at radius 1 is 1.57 bits per heavy atom. The zero-order valence-corrected chi connectivity index (χ0v) is 11.3. The summed E-state index contributed by atoms with van der Waals surface area (Å²) in [6.07, 6.45) is 1.93. The predicted molar refractivity (Wildman–Crippen MR) is 60.1 cm³/mol. The highest BCUT2D eigenvalue weighted by Gasteiger charge is 2.04. The minimum absolute atomic E-state index is 0.295. The van der Waals surface area contributed by atoms with Crippen molar-refractivity contribution in [1.82, 2.24) is 0 Å². The Kier molecular flexibility index (Phi) is 7.42. The largest absolute Gasteiger partial charge is 0.462 e. The topological polar surface area (TPSA) is 35.5 Å². The fraction of sp³-hybridized carbons (Fsp3) is 0.700. The SMILES string of the molecule is C=C(C)C(=O)OCCCC(C)CO[SiH3]. The van der Waals surface area contributed by atoms with Crippen LogP contribution in [0, 0.1) is 5.92 Å². The quantitative estimate of drug-likeness (QED) is 0.273. The minimum atomic E-state index is -0.295. The number of hydrogen-bond donors (Lipinski definition) is 0. The van der Waals surface area contributed by atoms with E-state index in [1.54, 1.807) is 6.92 Å². The second kappa shape index (κ2) is 7.76. The molecule has 4 heteroatoms. The fourth-order valence-electron chi connectivity index (χ4n) is 1.09. The maximum atomic E-state index is 11.0. The van der Waals surface area contributed by atoms with E-state index in [9.17, 15) is 4.79 Å². The molecule has 0 aromatic heterocycles. The summed E-state index contributed by atoms with van der Waals surface area (Å²) in [5.74, 6) is 0.257. The molecule has 0 spiro atoms. The molecule has 0 amide bonds. The zero-order chi connectivity index (χ0) is 11.0. The number of hydrogen-bond acceptors (Lipinski definition) is 3.